The second-order valence-electron chi connectivity index (χ2n) is 1.08. The molecular formula is C2H6ClN5. The molecule has 0 saturated heterocycles. The van der Waals surface area contributed by atoms with Crippen molar-refractivity contribution >= 4 is 18.4 Å². The molecule has 0 unspecified atom stereocenters. The molecule has 0 atom stereocenters. The zero-order valence-electron chi connectivity index (χ0n) is 3.98. The maximum atomic E-state index is 5.06. The Morgan fingerprint density at radius 2 is 2.25 bits per heavy atom. The molecule has 5 nitrogen and oxygen atoms in total. The fraction of sp³-hybridized carbons (Fsp3) is 0. The van der Waals surface area contributed by atoms with Crippen LogP contribution in [0.4, 0.5) is 5.95 Å². The number of hydrogen-bond donors (Lipinski definition) is 2. The summed E-state index contributed by atoms with van der Waals surface area (Å²) in [7, 11) is 0. The van der Waals surface area contributed by atoms with Gasteiger partial charge >= 0.3 is 0 Å². The first-order valence-corrected chi connectivity index (χ1v) is 1.71. The van der Waals surface area contributed by atoms with Crippen LogP contribution in [0.3, 0.4) is 0 Å². The summed E-state index contributed by atoms with van der Waals surface area (Å²) in [6.45, 7) is 0. The lowest BCUT2D eigenvalue weighted by Crippen LogP contribution is -2.08. The monoisotopic (exact) mass is 135 g/mol. The molecule has 8 heavy (non-hydrogen) atoms. The summed E-state index contributed by atoms with van der Waals surface area (Å²) >= 11 is 0. The highest BCUT2D eigenvalue weighted by molar-refractivity contribution is 5.85. The standard InChI is InChI=1S/C2H5N5.ClH/c3-2-5-1-7(4)6-2;/h1H,4H2,(H2,3,6);1H. The van der Waals surface area contributed by atoms with E-state index >= 15 is 0 Å². The lowest BCUT2D eigenvalue weighted by Gasteiger charge is -1.78. The van der Waals surface area contributed by atoms with Crippen LogP contribution in [0.5, 0.6) is 0 Å². The highest BCUT2D eigenvalue weighted by Crippen LogP contribution is 1.80. The molecule has 0 aliphatic heterocycles. The van der Waals surface area contributed by atoms with Crippen LogP contribution in [0.15, 0.2) is 6.33 Å². The number of halogens is 1. The fourth-order valence-corrected chi connectivity index (χ4v) is 0.288. The van der Waals surface area contributed by atoms with E-state index in [1.807, 2.05) is 0 Å². The number of nitrogen functional groups attached to an aromatic ring is 2. The Morgan fingerprint density at radius 1 is 1.62 bits per heavy atom. The predicted molar refractivity (Wildman–Crippen MR) is 31.8 cm³/mol. The van der Waals surface area contributed by atoms with Gasteiger partial charge in [-0.25, -0.2) is 0 Å². The number of anilines is 1. The molecule has 0 spiro atoms. The van der Waals surface area contributed by atoms with Crippen molar-refractivity contribution in [2.75, 3.05) is 11.6 Å². The summed E-state index contributed by atoms with van der Waals surface area (Å²) in [6.07, 6.45) is 1.33. The highest BCUT2D eigenvalue weighted by atomic mass is 35.5. The van der Waals surface area contributed by atoms with Crippen molar-refractivity contribution < 1.29 is 0 Å². The van der Waals surface area contributed by atoms with Gasteiger partial charge in [0.1, 0.15) is 6.33 Å². The molecule has 6 heteroatoms. The predicted octanol–water partition coefficient (Wildman–Crippen LogP) is -1.00. The topological polar surface area (TPSA) is 82.8 Å². The molecule has 1 heterocycles. The van der Waals surface area contributed by atoms with E-state index in [9.17, 15) is 0 Å². The smallest absolute Gasteiger partial charge is 0.241 e. The van der Waals surface area contributed by atoms with Crippen molar-refractivity contribution in [2.45, 2.75) is 0 Å². The van der Waals surface area contributed by atoms with Gasteiger partial charge in [-0.05, 0) is 0 Å². The third kappa shape index (κ3) is 1.27. The van der Waals surface area contributed by atoms with Crippen molar-refractivity contribution in [3.63, 3.8) is 0 Å². The highest BCUT2D eigenvalue weighted by Gasteiger charge is 1.84. The van der Waals surface area contributed by atoms with Gasteiger partial charge in [-0.2, -0.15) is 9.77 Å². The molecule has 1 aromatic rings. The molecule has 0 aliphatic carbocycles. The molecular weight excluding hydrogens is 130 g/mol. The maximum absolute atomic E-state index is 5.06. The first kappa shape index (κ1) is 7.03. The van der Waals surface area contributed by atoms with Crippen LogP contribution >= 0.6 is 12.4 Å². The molecule has 46 valence electrons. The third-order valence-corrected chi connectivity index (χ3v) is 0.526. The molecule has 1 rings (SSSR count). The third-order valence-electron chi connectivity index (χ3n) is 0.526. The van der Waals surface area contributed by atoms with Gasteiger partial charge in [-0.15, -0.1) is 17.5 Å². The van der Waals surface area contributed by atoms with Gasteiger partial charge in [-0.1, -0.05) is 0 Å². The first-order valence-electron chi connectivity index (χ1n) is 1.71. The Kier molecular flexibility index (Phi) is 2.08. The van der Waals surface area contributed by atoms with Gasteiger partial charge in [0.15, 0.2) is 0 Å². The average Bonchev–Trinajstić information content (AvgIpc) is 1.87. The van der Waals surface area contributed by atoms with Crippen LogP contribution in [0, 0.1) is 0 Å². The second-order valence-corrected chi connectivity index (χ2v) is 1.08. The number of aromatic nitrogens is 3. The normalized spacial score (nSPS) is 8.00. The van der Waals surface area contributed by atoms with E-state index in [1.165, 1.54) is 6.33 Å². The van der Waals surface area contributed by atoms with Gasteiger partial charge in [0, 0.05) is 0 Å². The Hall–Kier alpha value is -0.970. The maximum Gasteiger partial charge on any atom is 0.241 e. The van der Waals surface area contributed by atoms with Gasteiger partial charge in [-0.3, -0.25) is 0 Å². The lowest BCUT2D eigenvalue weighted by molar-refractivity contribution is 0.834. The minimum Gasteiger partial charge on any atom is -0.366 e. The summed E-state index contributed by atoms with van der Waals surface area (Å²) in [5, 5.41) is 3.47. The van der Waals surface area contributed by atoms with Crippen LogP contribution in [-0.4, -0.2) is 14.9 Å². The van der Waals surface area contributed by atoms with Crippen LogP contribution in [0.25, 0.3) is 0 Å². The van der Waals surface area contributed by atoms with Gasteiger partial charge in [0.2, 0.25) is 5.95 Å². The summed E-state index contributed by atoms with van der Waals surface area (Å²) in [4.78, 5) is 4.57. The van der Waals surface area contributed by atoms with Gasteiger partial charge in [0.25, 0.3) is 0 Å². The number of nitrogens with zero attached hydrogens (tertiary/aromatic N) is 3. The first-order chi connectivity index (χ1) is 3.29. The quantitative estimate of drug-likeness (QED) is 0.447. The van der Waals surface area contributed by atoms with E-state index in [0.717, 1.165) is 4.79 Å². The molecule has 0 amide bonds. The fourth-order valence-electron chi connectivity index (χ4n) is 0.288. The Balaban J connectivity index is 0.000000490. The molecule has 0 saturated carbocycles. The molecule has 0 aromatic carbocycles. The Labute approximate surface area is 52.1 Å². The zero-order chi connectivity index (χ0) is 5.28. The molecule has 4 N–H and O–H groups in total. The summed E-state index contributed by atoms with van der Waals surface area (Å²) in [5.74, 6) is 5.24. The summed E-state index contributed by atoms with van der Waals surface area (Å²) in [6, 6.07) is 0. The summed E-state index contributed by atoms with van der Waals surface area (Å²) in [5.41, 5.74) is 5.06. The Bertz CT molecular complexity index is 143. The van der Waals surface area contributed by atoms with Crippen molar-refractivity contribution in [1.82, 2.24) is 14.9 Å². The minimum absolute atomic E-state index is 0. The van der Waals surface area contributed by atoms with Crippen molar-refractivity contribution in [1.29, 1.82) is 0 Å². The Morgan fingerprint density at radius 3 is 2.38 bits per heavy atom. The summed E-state index contributed by atoms with van der Waals surface area (Å²) < 4.78 is 0. The van der Waals surface area contributed by atoms with E-state index in [-0.39, 0.29) is 18.4 Å². The van der Waals surface area contributed by atoms with Crippen LogP contribution < -0.4 is 11.6 Å². The number of hydrogen-bond acceptors (Lipinski definition) is 4. The second kappa shape index (κ2) is 2.37. The SMILES string of the molecule is Cl.Nc1ncn(N)n1. The van der Waals surface area contributed by atoms with Crippen molar-refractivity contribution in [3.05, 3.63) is 6.33 Å². The van der Waals surface area contributed by atoms with Crippen LogP contribution in [0.2, 0.25) is 0 Å². The van der Waals surface area contributed by atoms with E-state index in [1.54, 1.807) is 0 Å². The molecule has 1 aromatic heterocycles. The average molecular weight is 136 g/mol. The number of rotatable bonds is 0. The van der Waals surface area contributed by atoms with Crippen LogP contribution in [0.1, 0.15) is 0 Å². The largest absolute Gasteiger partial charge is 0.366 e. The molecule has 0 radical (unpaired) electrons. The zero-order valence-corrected chi connectivity index (χ0v) is 4.80. The van der Waals surface area contributed by atoms with Crippen molar-refractivity contribution in [3.8, 4) is 0 Å². The number of nitrogens with two attached hydrogens (primary N) is 2. The van der Waals surface area contributed by atoms with E-state index < -0.39 is 0 Å². The van der Waals surface area contributed by atoms with E-state index in [2.05, 4.69) is 10.1 Å². The lowest BCUT2D eigenvalue weighted by atomic mass is 11.1. The van der Waals surface area contributed by atoms with E-state index in [0.29, 0.717) is 0 Å². The minimum atomic E-state index is 0. The molecule has 0 bridgehead atoms. The van der Waals surface area contributed by atoms with Crippen LogP contribution in [-0.2, 0) is 0 Å². The van der Waals surface area contributed by atoms with Crippen molar-refractivity contribution in [2.24, 2.45) is 0 Å². The van der Waals surface area contributed by atoms with Gasteiger partial charge in [0.05, 0.1) is 0 Å². The molecule has 0 fully saturated rings. The molecule has 0 aliphatic rings. The van der Waals surface area contributed by atoms with E-state index in [4.69, 9.17) is 11.6 Å². The van der Waals surface area contributed by atoms with Gasteiger partial charge < -0.3 is 11.6 Å².